The van der Waals surface area contributed by atoms with Crippen molar-refractivity contribution in [1.29, 1.82) is 0 Å². The fourth-order valence-corrected chi connectivity index (χ4v) is 3.00. The van der Waals surface area contributed by atoms with Gasteiger partial charge in [0.2, 0.25) is 5.91 Å². The van der Waals surface area contributed by atoms with Gasteiger partial charge >= 0.3 is 6.36 Å². The van der Waals surface area contributed by atoms with Crippen molar-refractivity contribution in [3.63, 3.8) is 0 Å². The number of carbonyl (C=O) groups is 1. The molecule has 10 heteroatoms. The topological polar surface area (TPSA) is 82.8 Å². The Bertz CT molecular complexity index is 802. The summed E-state index contributed by atoms with van der Waals surface area (Å²) in [5.41, 5.74) is 1.18. The minimum Gasteiger partial charge on any atom is -0.406 e. The van der Waals surface area contributed by atoms with Crippen LogP contribution < -0.4 is 10.1 Å². The molecular weight excluding hydrogens is 405 g/mol. The molecule has 1 amide bonds. The van der Waals surface area contributed by atoms with Crippen LogP contribution in [0.5, 0.6) is 5.75 Å². The van der Waals surface area contributed by atoms with Crippen molar-refractivity contribution >= 4 is 5.91 Å². The van der Waals surface area contributed by atoms with Crippen LogP contribution in [-0.2, 0) is 33.9 Å². The van der Waals surface area contributed by atoms with Crippen LogP contribution in [0.4, 0.5) is 13.2 Å². The first kappa shape index (κ1) is 22.1. The molecule has 1 aromatic heterocycles. The van der Waals surface area contributed by atoms with E-state index in [9.17, 15) is 18.0 Å². The van der Waals surface area contributed by atoms with Crippen LogP contribution in [0.15, 0.2) is 34.9 Å². The van der Waals surface area contributed by atoms with E-state index >= 15 is 0 Å². The minimum absolute atomic E-state index is 0.118. The van der Waals surface area contributed by atoms with Gasteiger partial charge in [-0.1, -0.05) is 17.3 Å². The van der Waals surface area contributed by atoms with E-state index in [1.807, 2.05) is 0 Å². The average molecular weight is 428 g/mol. The number of alkyl halides is 3. The number of ether oxygens (including phenoxy) is 3. The molecule has 7 nitrogen and oxygen atoms in total. The molecule has 0 bridgehead atoms. The van der Waals surface area contributed by atoms with E-state index in [4.69, 9.17) is 14.0 Å². The molecule has 2 heterocycles. The Morgan fingerprint density at radius 3 is 2.60 bits per heavy atom. The monoisotopic (exact) mass is 428 g/mol. The van der Waals surface area contributed by atoms with Gasteiger partial charge in [-0.25, -0.2) is 0 Å². The van der Waals surface area contributed by atoms with E-state index in [1.165, 1.54) is 24.3 Å². The molecule has 1 aromatic carbocycles. The van der Waals surface area contributed by atoms with Gasteiger partial charge in [-0.15, -0.1) is 13.2 Å². The van der Waals surface area contributed by atoms with Crippen LogP contribution >= 0.6 is 0 Å². The van der Waals surface area contributed by atoms with Gasteiger partial charge in [-0.2, -0.15) is 0 Å². The van der Waals surface area contributed by atoms with Gasteiger partial charge in [-0.3, -0.25) is 4.79 Å². The summed E-state index contributed by atoms with van der Waals surface area (Å²) in [6.45, 7) is 2.39. The molecule has 0 unspecified atom stereocenters. The zero-order chi connectivity index (χ0) is 21.4. The highest BCUT2D eigenvalue weighted by molar-refractivity contribution is 5.78. The van der Waals surface area contributed by atoms with Crippen molar-refractivity contribution in [1.82, 2.24) is 10.5 Å². The Morgan fingerprint density at radius 2 is 1.90 bits per heavy atom. The molecule has 164 valence electrons. The number of hydrogen-bond donors (Lipinski definition) is 1. The predicted octanol–water partition coefficient (Wildman–Crippen LogP) is 3.38. The lowest BCUT2D eigenvalue weighted by atomic mass is 10.0. The Labute approximate surface area is 171 Å². The van der Waals surface area contributed by atoms with E-state index in [0.29, 0.717) is 29.5 Å². The number of hydrogen-bond acceptors (Lipinski definition) is 6. The number of nitrogens with zero attached hydrogens (tertiary/aromatic N) is 1. The number of nitrogens with one attached hydrogen (secondary N) is 1. The highest BCUT2D eigenvalue weighted by Crippen LogP contribution is 2.23. The summed E-state index contributed by atoms with van der Waals surface area (Å²) < 4.78 is 56.2. The van der Waals surface area contributed by atoms with Crippen LogP contribution in [0.3, 0.4) is 0 Å². The second kappa shape index (κ2) is 10.4. The molecule has 3 rings (SSSR count). The molecular formula is C20H23F3N2O5. The van der Waals surface area contributed by atoms with Gasteiger partial charge < -0.3 is 24.1 Å². The third-order valence-corrected chi connectivity index (χ3v) is 4.55. The summed E-state index contributed by atoms with van der Waals surface area (Å²) in [5.74, 6) is 0.488. The average Bonchev–Trinajstić information content (AvgIpc) is 3.14. The maximum Gasteiger partial charge on any atom is 0.573 e. The normalized spacial score (nSPS) is 15.2. The summed E-state index contributed by atoms with van der Waals surface area (Å²) in [5, 5.41) is 6.77. The van der Waals surface area contributed by atoms with E-state index in [-0.39, 0.29) is 31.3 Å². The number of aromatic nitrogens is 1. The predicted molar refractivity (Wildman–Crippen MR) is 98.4 cm³/mol. The van der Waals surface area contributed by atoms with Crippen LogP contribution in [0.2, 0.25) is 0 Å². The first-order valence-electron chi connectivity index (χ1n) is 9.59. The lowest BCUT2D eigenvalue weighted by Gasteiger charge is -2.21. The van der Waals surface area contributed by atoms with Crippen LogP contribution in [0.25, 0.3) is 0 Å². The van der Waals surface area contributed by atoms with Crippen molar-refractivity contribution in [3.05, 3.63) is 47.3 Å². The highest BCUT2D eigenvalue weighted by Gasteiger charge is 2.30. The number of carbonyl (C=O) groups excluding carboxylic acids is 1. The van der Waals surface area contributed by atoms with Crippen LogP contribution in [0, 0.1) is 5.92 Å². The smallest absolute Gasteiger partial charge is 0.406 e. The number of benzene rings is 1. The SMILES string of the molecule is O=C(Cc1cc(COCc2ccc(OC(F)(F)F)cc2)on1)NCC1CCOCC1. The molecule has 1 aliphatic rings. The Kier molecular flexibility index (Phi) is 7.69. The van der Waals surface area contributed by atoms with Crippen molar-refractivity contribution in [2.75, 3.05) is 19.8 Å². The van der Waals surface area contributed by atoms with E-state index in [1.54, 1.807) is 6.07 Å². The fraction of sp³-hybridized carbons (Fsp3) is 0.500. The Hall–Kier alpha value is -2.59. The molecule has 1 N–H and O–H groups in total. The zero-order valence-electron chi connectivity index (χ0n) is 16.2. The summed E-state index contributed by atoms with van der Waals surface area (Å²) in [6.07, 6.45) is -2.70. The summed E-state index contributed by atoms with van der Waals surface area (Å²) in [7, 11) is 0. The molecule has 0 spiro atoms. The van der Waals surface area contributed by atoms with Crippen molar-refractivity contribution < 1.29 is 36.7 Å². The van der Waals surface area contributed by atoms with E-state index < -0.39 is 6.36 Å². The third kappa shape index (κ3) is 7.68. The van der Waals surface area contributed by atoms with Gasteiger partial charge in [-0.05, 0) is 36.5 Å². The minimum atomic E-state index is -4.72. The number of rotatable bonds is 9. The molecule has 0 atom stereocenters. The standard InChI is InChI=1S/C20H23F3N2O5/c21-20(22,23)29-17-3-1-15(2-4-17)12-28-13-18-9-16(25-30-18)10-19(26)24-11-14-5-7-27-8-6-14/h1-4,9,14H,5-8,10-13H2,(H,24,26). The van der Waals surface area contributed by atoms with Gasteiger partial charge in [0.05, 0.1) is 18.7 Å². The highest BCUT2D eigenvalue weighted by atomic mass is 19.4. The number of halogens is 3. The van der Waals surface area contributed by atoms with Gasteiger partial charge in [0.15, 0.2) is 5.76 Å². The summed E-state index contributed by atoms with van der Waals surface area (Å²) >= 11 is 0. The summed E-state index contributed by atoms with van der Waals surface area (Å²) in [4.78, 5) is 12.0. The molecule has 1 fully saturated rings. The van der Waals surface area contributed by atoms with Crippen molar-refractivity contribution in [2.24, 2.45) is 5.92 Å². The van der Waals surface area contributed by atoms with Gasteiger partial charge in [0.25, 0.3) is 0 Å². The Morgan fingerprint density at radius 1 is 1.17 bits per heavy atom. The second-order valence-electron chi connectivity index (χ2n) is 7.01. The van der Waals surface area contributed by atoms with Crippen molar-refractivity contribution in [3.8, 4) is 5.75 Å². The molecule has 1 saturated heterocycles. The molecule has 30 heavy (non-hydrogen) atoms. The maximum atomic E-state index is 12.1. The molecule has 2 aromatic rings. The molecule has 0 radical (unpaired) electrons. The zero-order valence-corrected chi connectivity index (χ0v) is 16.2. The van der Waals surface area contributed by atoms with Crippen molar-refractivity contribution in [2.45, 2.75) is 38.8 Å². The second-order valence-corrected chi connectivity index (χ2v) is 7.01. The largest absolute Gasteiger partial charge is 0.573 e. The summed E-state index contributed by atoms with van der Waals surface area (Å²) in [6, 6.07) is 7.05. The lowest BCUT2D eigenvalue weighted by molar-refractivity contribution is -0.274. The third-order valence-electron chi connectivity index (χ3n) is 4.55. The van der Waals surface area contributed by atoms with E-state index in [2.05, 4.69) is 15.2 Å². The molecule has 0 aliphatic carbocycles. The van der Waals surface area contributed by atoms with E-state index in [0.717, 1.165) is 26.1 Å². The maximum absolute atomic E-state index is 12.1. The molecule has 0 saturated carbocycles. The number of amides is 1. The Balaban J connectivity index is 1.36. The lowest BCUT2D eigenvalue weighted by Crippen LogP contribution is -2.33. The molecule has 1 aliphatic heterocycles. The first-order chi connectivity index (χ1) is 14.4. The first-order valence-corrected chi connectivity index (χ1v) is 9.59. The van der Waals surface area contributed by atoms with Crippen LogP contribution in [-0.4, -0.2) is 37.2 Å². The van der Waals surface area contributed by atoms with Gasteiger partial charge in [0, 0.05) is 25.8 Å². The van der Waals surface area contributed by atoms with Gasteiger partial charge in [0.1, 0.15) is 12.4 Å². The quantitative estimate of drug-likeness (QED) is 0.660. The van der Waals surface area contributed by atoms with Crippen LogP contribution in [0.1, 0.15) is 29.9 Å². The fourth-order valence-electron chi connectivity index (χ4n) is 3.00.